The summed E-state index contributed by atoms with van der Waals surface area (Å²) in [6, 6.07) is 23.6. The molecule has 0 aliphatic rings. The zero-order valence-corrected chi connectivity index (χ0v) is 25.3. The molecule has 0 radical (unpaired) electrons. The molecule has 4 aromatic carbocycles. The molecule has 0 aliphatic carbocycles. The molecule has 200 valence electrons. The number of nitrogens with zero attached hydrogens (tertiary/aromatic N) is 1. The second-order valence-corrected chi connectivity index (χ2v) is 10.7. The van der Waals surface area contributed by atoms with E-state index in [4.69, 9.17) is 37.4 Å². The molecule has 4 rings (SSSR count). The van der Waals surface area contributed by atoms with Gasteiger partial charge >= 0.3 is 0 Å². The third-order valence-corrected chi connectivity index (χ3v) is 7.22. The van der Waals surface area contributed by atoms with Crippen molar-refractivity contribution >= 4 is 67.2 Å². The Balaban J connectivity index is 1.37. The van der Waals surface area contributed by atoms with Crippen LogP contribution >= 0.6 is 55.1 Å². The molecule has 10 heteroatoms. The van der Waals surface area contributed by atoms with E-state index in [2.05, 4.69) is 42.4 Å². The van der Waals surface area contributed by atoms with Crippen molar-refractivity contribution in [1.82, 2.24) is 5.43 Å². The first-order valence-corrected chi connectivity index (χ1v) is 13.9. The van der Waals surface area contributed by atoms with Gasteiger partial charge in [-0.1, -0.05) is 59.6 Å². The number of hydrogen-bond acceptors (Lipinski definition) is 5. The van der Waals surface area contributed by atoms with Gasteiger partial charge in [0.2, 0.25) is 0 Å². The van der Waals surface area contributed by atoms with Gasteiger partial charge in [0.05, 0.1) is 22.3 Å². The summed E-state index contributed by atoms with van der Waals surface area (Å²) in [7, 11) is 1.53. The van der Waals surface area contributed by atoms with Gasteiger partial charge in [0.15, 0.2) is 11.5 Å². The zero-order chi connectivity index (χ0) is 27.8. The van der Waals surface area contributed by atoms with Crippen molar-refractivity contribution in [3.05, 3.63) is 120 Å². The Bertz CT molecular complexity index is 1480. The van der Waals surface area contributed by atoms with Crippen LogP contribution in [0.1, 0.15) is 27.0 Å². The molecule has 0 unspecified atom stereocenters. The summed E-state index contributed by atoms with van der Waals surface area (Å²) in [6.45, 7) is 0.646. The van der Waals surface area contributed by atoms with Crippen molar-refractivity contribution in [2.75, 3.05) is 7.11 Å². The molecule has 0 aromatic heterocycles. The topological polar surface area (TPSA) is 69.2 Å². The van der Waals surface area contributed by atoms with Crippen LogP contribution in [-0.4, -0.2) is 19.2 Å². The Labute approximate surface area is 253 Å². The lowest BCUT2D eigenvalue weighted by Gasteiger charge is -2.12. The van der Waals surface area contributed by atoms with Crippen LogP contribution in [0.25, 0.3) is 0 Å². The fourth-order valence-corrected chi connectivity index (χ4v) is 5.39. The number of hydrazone groups is 1. The van der Waals surface area contributed by atoms with Gasteiger partial charge in [-0.15, -0.1) is 0 Å². The summed E-state index contributed by atoms with van der Waals surface area (Å²) >= 11 is 19.2. The van der Waals surface area contributed by atoms with Gasteiger partial charge < -0.3 is 14.2 Å². The van der Waals surface area contributed by atoms with E-state index >= 15 is 0 Å². The molecule has 1 amide bonds. The molecule has 0 spiro atoms. The minimum absolute atomic E-state index is 0.260. The minimum Gasteiger partial charge on any atom is -0.493 e. The number of ether oxygens (including phenoxy) is 3. The molecule has 0 bridgehead atoms. The zero-order valence-electron chi connectivity index (χ0n) is 20.6. The van der Waals surface area contributed by atoms with Crippen molar-refractivity contribution in [3.8, 4) is 17.2 Å². The lowest BCUT2D eigenvalue weighted by atomic mass is 10.2. The largest absolute Gasteiger partial charge is 0.493 e. The van der Waals surface area contributed by atoms with Crippen LogP contribution in [0.3, 0.4) is 0 Å². The molecule has 39 heavy (non-hydrogen) atoms. The van der Waals surface area contributed by atoms with E-state index in [9.17, 15) is 4.79 Å². The lowest BCUT2D eigenvalue weighted by Crippen LogP contribution is -2.17. The van der Waals surface area contributed by atoms with Gasteiger partial charge in [0.25, 0.3) is 5.91 Å². The molecule has 4 aromatic rings. The van der Waals surface area contributed by atoms with Crippen molar-refractivity contribution in [2.45, 2.75) is 13.2 Å². The van der Waals surface area contributed by atoms with Crippen LogP contribution in [0.5, 0.6) is 17.2 Å². The van der Waals surface area contributed by atoms with E-state index in [1.807, 2.05) is 48.5 Å². The van der Waals surface area contributed by atoms with Crippen molar-refractivity contribution in [1.29, 1.82) is 0 Å². The standard InChI is InChI=1S/C29H22Br2Cl2N2O4/c1-37-27-13-20(8-10-26(27)38-16-18-5-3-2-4-6-18)29(36)35-34-15-19-11-23(30)28(24(31)12-19)39-17-21-7-9-22(32)14-25(21)33/h2-15H,16-17H2,1H3,(H,35,36)/b34-15+. The van der Waals surface area contributed by atoms with Crippen molar-refractivity contribution in [2.24, 2.45) is 5.10 Å². The monoisotopic (exact) mass is 690 g/mol. The van der Waals surface area contributed by atoms with Gasteiger partial charge in [0.1, 0.15) is 19.0 Å². The highest BCUT2D eigenvalue weighted by Crippen LogP contribution is 2.35. The van der Waals surface area contributed by atoms with Crippen molar-refractivity contribution in [3.63, 3.8) is 0 Å². The number of rotatable bonds is 10. The maximum absolute atomic E-state index is 12.7. The van der Waals surface area contributed by atoms with Gasteiger partial charge in [-0.3, -0.25) is 4.79 Å². The average Bonchev–Trinajstić information content (AvgIpc) is 2.93. The third-order valence-electron chi connectivity index (χ3n) is 5.45. The molecule has 0 saturated heterocycles. The summed E-state index contributed by atoms with van der Waals surface area (Å²) in [5, 5.41) is 5.18. The maximum Gasteiger partial charge on any atom is 0.271 e. The van der Waals surface area contributed by atoms with E-state index in [1.165, 1.54) is 13.3 Å². The van der Waals surface area contributed by atoms with Crippen LogP contribution in [0, 0.1) is 0 Å². The fourth-order valence-electron chi connectivity index (χ4n) is 3.47. The second-order valence-electron chi connectivity index (χ2n) is 8.18. The van der Waals surface area contributed by atoms with Crippen LogP contribution in [0.4, 0.5) is 0 Å². The number of amides is 1. The van der Waals surface area contributed by atoms with Crippen LogP contribution < -0.4 is 19.6 Å². The summed E-state index contributed by atoms with van der Waals surface area (Å²) in [6.07, 6.45) is 1.53. The predicted molar refractivity (Wildman–Crippen MR) is 161 cm³/mol. The smallest absolute Gasteiger partial charge is 0.271 e. The number of hydrogen-bond donors (Lipinski definition) is 1. The lowest BCUT2D eigenvalue weighted by molar-refractivity contribution is 0.0954. The Kier molecular flexibility index (Phi) is 10.3. The SMILES string of the molecule is COc1cc(C(=O)N/N=C/c2cc(Br)c(OCc3ccc(Cl)cc3Cl)c(Br)c2)ccc1OCc1ccccc1. The summed E-state index contributed by atoms with van der Waals surface area (Å²) < 4.78 is 18.6. The summed E-state index contributed by atoms with van der Waals surface area (Å²) in [4.78, 5) is 12.7. The molecule has 0 saturated carbocycles. The number of carbonyl (C=O) groups is 1. The van der Waals surface area contributed by atoms with E-state index in [0.29, 0.717) is 48.4 Å². The van der Waals surface area contributed by atoms with E-state index in [1.54, 1.807) is 30.3 Å². The van der Waals surface area contributed by atoms with Crippen LogP contribution in [0.2, 0.25) is 10.0 Å². The average molecular weight is 693 g/mol. The van der Waals surface area contributed by atoms with Crippen molar-refractivity contribution < 1.29 is 19.0 Å². The predicted octanol–water partition coefficient (Wildman–Crippen LogP) is 8.45. The fraction of sp³-hybridized carbons (Fsp3) is 0.103. The quantitative estimate of drug-likeness (QED) is 0.134. The number of benzene rings is 4. The Morgan fingerprint density at radius 1 is 0.897 bits per heavy atom. The normalized spacial score (nSPS) is 10.9. The highest BCUT2D eigenvalue weighted by molar-refractivity contribution is 9.11. The molecule has 0 atom stereocenters. The van der Waals surface area contributed by atoms with E-state index in [0.717, 1.165) is 16.7 Å². The second kappa shape index (κ2) is 13.8. The Morgan fingerprint density at radius 2 is 1.64 bits per heavy atom. The first-order valence-electron chi connectivity index (χ1n) is 11.6. The third kappa shape index (κ3) is 7.99. The molecule has 0 fully saturated rings. The number of methoxy groups -OCH3 is 1. The van der Waals surface area contributed by atoms with Gasteiger partial charge in [-0.2, -0.15) is 5.10 Å². The minimum atomic E-state index is -0.392. The van der Waals surface area contributed by atoms with Crippen LogP contribution in [0.15, 0.2) is 92.9 Å². The van der Waals surface area contributed by atoms with Gasteiger partial charge in [-0.25, -0.2) is 5.43 Å². The van der Waals surface area contributed by atoms with E-state index in [-0.39, 0.29) is 6.61 Å². The highest BCUT2D eigenvalue weighted by Gasteiger charge is 2.13. The molecule has 0 aliphatic heterocycles. The maximum atomic E-state index is 12.7. The van der Waals surface area contributed by atoms with Gasteiger partial charge in [0, 0.05) is 21.2 Å². The van der Waals surface area contributed by atoms with E-state index < -0.39 is 5.91 Å². The summed E-state index contributed by atoms with van der Waals surface area (Å²) in [5.74, 6) is 1.20. The first-order chi connectivity index (χ1) is 18.8. The highest BCUT2D eigenvalue weighted by atomic mass is 79.9. The number of carbonyl (C=O) groups excluding carboxylic acids is 1. The first kappa shape index (κ1) is 29.0. The van der Waals surface area contributed by atoms with Crippen LogP contribution in [-0.2, 0) is 13.2 Å². The van der Waals surface area contributed by atoms with Gasteiger partial charge in [-0.05, 0) is 85.5 Å². The molecule has 0 heterocycles. The Morgan fingerprint density at radius 3 is 2.33 bits per heavy atom. The summed E-state index contributed by atoms with van der Waals surface area (Å²) in [5.41, 5.74) is 5.47. The Hall–Kier alpha value is -3.04. The molecule has 6 nitrogen and oxygen atoms in total. The molecular formula is C29H22Br2Cl2N2O4. The molecule has 1 N–H and O–H groups in total. The number of nitrogens with one attached hydrogen (secondary N) is 1. The molecular weight excluding hydrogens is 671 g/mol. The number of halogens is 4.